The van der Waals surface area contributed by atoms with Crippen LogP contribution in [-0.2, 0) is 13.5 Å². The third-order valence-corrected chi connectivity index (χ3v) is 2.51. The van der Waals surface area contributed by atoms with Crippen LogP contribution in [0.25, 0.3) is 0 Å². The summed E-state index contributed by atoms with van der Waals surface area (Å²) in [5.74, 6) is 0. The van der Waals surface area contributed by atoms with Gasteiger partial charge in [-0.3, -0.25) is 0 Å². The van der Waals surface area contributed by atoms with Gasteiger partial charge >= 0.3 is 0 Å². The topological polar surface area (TPSA) is 7.12 Å². The first-order valence-corrected chi connectivity index (χ1v) is 4.46. The van der Waals surface area contributed by atoms with Crippen LogP contribution in [0.15, 0.2) is 18.5 Å². The van der Waals surface area contributed by atoms with Gasteiger partial charge in [-0.15, -0.1) is 0 Å². The van der Waals surface area contributed by atoms with Crippen molar-refractivity contribution in [3.8, 4) is 0 Å². The smallest absolute Gasteiger partial charge is 0.173 e. The first kappa shape index (κ1) is 7.59. The number of aromatic nitrogens is 1. The van der Waals surface area contributed by atoms with E-state index in [0.29, 0.717) is 0 Å². The van der Waals surface area contributed by atoms with Gasteiger partial charge in [0.05, 0.1) is 5.69 Å². The van der Waals surface area contributed by atoms with Crippen LogP contribution in [0.1, 0.15) is 12.0 Å². The Labute approximate surface area is 73.4 Å². The first-order valence-electron chi connectivity index (χ1n) is 4.46. The van der Waals surface area contributed by atoms with E-state index in [2.05, 4.69) is 42.0 Å². The molecule has 0 atom stereocenters. The molecule has 0 unspecified atom stereocenters. The highest BCUT2D eigenvalue weighted by atomic mass is 15.1. The van der Waals surface area contributed by atoms with Crippen molar-refractivity contribution in [2.45, 2.75) is 12.8 Å². The van der Waals surface area contributed by atoms with Crippen molar-refractivity contribution in [1.82, 2.24) is 0 Å². The van der Waals surface area contributed by atoms with E-state index in [4.69, 9.17) is 0 Å². The molecule has 0 amide bonds. The summed E-state index contributed by atoms with van der Waals surface area (Å²) in [5, 5.41) is 0. The van der Waals surface area contributed by atoms with Gasteiger partial charge in [-0.25, -0.2) is 4.57 Å². The van der Waals surface area contributed by atoms with Gasteiger partial charge in [-0.05, 0) is 12.8 Å². The molecule has 1 aromatic heterocycles. The van der Waals surface area contributed by atoms with Crippen molar-refractivity contribution in [2.75, 3.05) is 18.5 Å². The molecule has 1 aromatic rings. The van der Waals surface area contributed by atoms with E-state index >= 15 is 0 Å². The van der Waals surface area contributed by atoms with E-state index < -0.39 is 0 Å². The fourth-order valence-corrected chi connectivity index (χ4v) is 1.84. The van der Waals surface area contributed by atoms with Gasteiger partial charge in [-0.2, -0.15) is 0 Å². The summed E-state index contributed by atoms with van der Waals surface area (Å²) in [7, 11) is 4.24. The lowest BCUT2D eigenvalue weighted by atomic mass is 10.1. The molecule has 2 rings (SSSR count). The summed E-state index contributed by atoms with van der Waals surface area (Å²) in [6, 6.07) is 2.20. The van der Waals surface area contributed by atoms with Crippen molar-refractivity contribution in [3.05, 3.63) is 24.0 Å². The van der Waals surface area contributed by atoms with Crippen LogP contribution in [0.5, 0.6) is 0 Å². The number of anilines is 1. The maximum absolute atomic E-state index is 2.33. The van der Waals surface area contributed by atoms with Crippen LogP contribution >= 0.6 is 0 Å². The average Bonchev–Trinajstić information content (AvgIpc) is 2.04. The van der Waals surface area contributed by atoms with Gasteiger partial charge in [0.25, 0.3) is 0 Å². The Morgan fingerprint density at radius 2 is 2.33 bits per heavy atom. The minimum absolute atomic E-state index is 1.20. The third kappa shape index (κ3) is 1.17. The van der Waals surface area contributed by atoms with Crippen molar-refractivity contribution < 1.29 is 4.57 Å². The molecule has 64 valence electrons. The normalized spacial score (nSPS) is 16.0. The maximum atomic E-state index is 2.33. The SMILES string of the molecule is CN1CCCc2c[n+](C)ccc21. The Bertz CT molecular complexity index is 294. The molecule has 2 heterocycles. The zero-order chi connectivity index (χ0) is 8.55. The lowest BCUT2D eigenvalue weighted by molar-refractivity contribution is -0.671. The summed E-state index contributed by atoms with van der Waals surface area (Å²) in [4.78, 5) is 2.33. The number of fused-ring (bicyclic) bond motifs is 1. The lowest BCUT2D eigenvalue weighted by Gasteiger charge is -2.25. The predicted octanol–water partition coefficient (Wildman–Crippen LogP) is 0.893. The molecule has 1 aliphatic heterocycles. The van der Waals surface area contributed by atoms with Gasteiger partial charge in [-0.1, -0.05) is 0 Å². The summed E-state index contributed by atoms with van der Waals surface area (Å²) in [6.45, 7) is 1.20. The van der Waals surface area contributed by atoms with Crippen molar-refractivity contribution >= 4 is 5.69 Å². The molecule has 1 aliphatic rings. The molecule has 0 saturated heterocycles. The molecular formula is C10H15N2+. The summed E-state index contributed by atoms with van der Waals surface area (Å²) < 4.78 is 2.12. The third-order valence-electron chi connectivity index (χ3n) is 2.51. The molecule has 0 N–H and O–H groups in total. The molecule has 0 spiro atoms. The number of aryl methyl sites for hydroxylation is 2. The Hall–Kier alpha value is -1.05. The molecular weight excluding hydrogens is 148 g/mol. The Morgan fingerprint density at radius 3 is 3.17 bits per heavy atom. The fraction of sp³-hybridized carbons (Fsp3) is 0.500. The van der Waals surface area contributed by atoms with Crippen LogP contribution in [0.3, 0.4) is 0 Å². The van der Waals surface area contributed by atoms with Crippen LogP contribution in [0, 0.1) is 0 Å². The second kappa shape index (κ2) is 2.77. The highest BCUT2D eigenvalue weighted by Gasteiger charge is 2.15. The van der Waals surface area contributed by atoms with Crippen LogP contribution in [0.4, 0.5) is 5.69 Å². The largest absolute Gasteiger partial charge is 0.374 e. The van der Waals surface area contributed by atoms with E-state index in [1.54, 1.807) is 0 Å². The quantitative estimate of drug-likeness (QED) is 0.515. The summed E-state index contributed by atoms with van der Waals surface area (Å²) in [5.41, 5.74) is 2.88. The molecule has 12 heavy (non-hydrogen) atoms. The van der Waals surface area contributed by atoms with Gasteiger partial charge in [0, 0.05) is 25.2 Å². The van der Waals surface area contributed by atoms with Crippen LogP contribution in [0.2, 0.25) is 0 Å². The average molecular weight is 163 g/mol. The van der Waals surface area contributed by atoms with Gasteiger partial charge < -0.3 is 4.90 Å². The minimum atomic E-state index is 1.20. The molecule has 2 nitrogen and oxygen atoms in total. The van der Waals surface area contributed by atoms with Gasteiger partial charge in [0.1, 0.15) is 7.05 Å². The molecule has 0 bridgehead atoms. The van der Waals surface area contributed by atoms with E-state index in [1.165, 1.54) is 30.6 Å². The maximum Gasteiger partial charge on any atom is 0.173 e. The highest BCUT2D eigenvalue weighted by Crippen LogP contribution is 2.23. The van der Waals surface area contributed by atoms with Gasteiger partial charge in [0.15, 0.2) is 12.4 Å². The Balaban J connectivity index is 2.46. The van der Waals surface area contributed by atoms with Crippen molar-refractivity contribution in [2.24, 2.45) is 7.05 Å². The zero-order valence-electron chi connectivity index (χ0n) is 7.75. The van der Waals surface area contributed by atoms with Crippen LogP contribution in [-0.4, -0.2) is 13.6 Å². The first-order chi connectivity index (χ1) is 5.77. The number of rotatable bonds is 0. The predicted molar refractivity (Wildman–Crippen MR) is 49.2 cm³/mol. The Morgan fingerprint density at radius 1 is 1.50 bits per heavy atom. The molecule has 0 aromatic carbocycles. The van der Waals surface area contributed by atoms with E-state index in [9.17, 15) is 0 Å². The van der Waals surface area contributed by atoms with E-state index in [0.717, 1.165) is 0 Å². The molecule has 0 fully saturated rings. The molecule has 0 radical (unpaired) electrons. The summed E-state index contributed by atoms with van der Waals surface area (Å²) >= 11 is 0. The van der Waals surface area contributed by atoms with Crippen molar-refractivity contribution in [3.63, 3.8) is 0 Å². The van der Waals surface area contributed by atoms with Gasteiger partial charge in [0.2, 0.25) is 0 Å². The molecule has 0 aliphatic carbocycles. The number of hydrogen-bond donors (Lipinski definition) is 0. The second-order valence-corrected chi connectivity index (χ2v) is 3.55. The lowest BCUT2D eigenvalue weighted by Crippen LogP contribution is -2.32. The summed E-state index contributed by atoms with van der Waals surface area (Å²) in [6.07, 6.45) is 6.85. The van der Waals surface area contributed by atoms with E-state index in [-0.39, 0.29) is 0 Å². The monoisotopic (exact) mass is 163 g/mol. The highest BCUT2D eigenvalue weighted by molar-refractivity contribution is 5.52. The zero-order valence-corrected chi connectivity index (χ0v) is 7.75. The fourth-order valence-electron chi connectivity index (χ4n) is 1.84. The second-order valence-electron chi connectivity index (χ2n) is 3.55. The van der Waals surface area contributed by atoms with E-state index in [1.807, 2.05) is 0 Å². The van der Waals surface area contributed by atoms with Crippen molar-refractivity contribution in [1.29, 1.82) is 0 Å². The molecule has 2 heteroatoms. The minimum Gasteiger partial charge on any atom is -0.374 e. The number of hydrogen-bond acceptors (Lipinski definition) is 1. The standard InChI is InChI=1S/C10H15N2/c1-11-7-5-10-9(8-11)4-3-6-12(10)2/h5,7-8H,3-4,6H2,1-2H3/q+1. The Kier molecular flexibility index (Phi) is 1.75. The number of pyridine rings is 1. The molecule has 0 saturated carbocycles. The number of nitrogens with zero attached hydrogens (tertiary/aromatic N) is 2. The van der Waals surface area contributed by atoms with Crippen LogP contribution < -0.4 is 9.47 Å².